The molecule has 11 rings (SSSR count). The van der Waals surface area contributed by atoms with Gasteiger partial charge < -0.3 is 4.57 Å². The Morgan fingerprint density at radius 2 is 1.04 bits per heavy atom. The Balaban J connectivity index is 1.29. The quantitative estimate of drug-likeness (QED) is 0.262. The second kappa shape index (κ2) is 12.4. The minimum absolute atomic E-state index is 0.603. The number of hydrogen-bond donors (Lipinski definition) is 0. The van der Waals surface area contributed by atoms with E-state index in [4.69, 9.17) is 15.0 Å². The Morgan fingerprint density at radius 1 is 0.429 bits per heavy atom. The zero-order chi connectivity index (χ0) is 37.8. The van der Waals surface area contributed by atoms with Crippen molar-refractivity contribution in [1.29, 1.82) is 0 Å². The van der Waals surface area contributed by atoms with Crippen LogP contribution in [-0.2, 0) is 0 Å². The monoisotopic (exact) mass is 729 g/mol. The summed E-state index contributed by atoms with van der Waals surface area (Å²) in [5.74, 6) is 1.96. The molecule has 0 atom stereocenters. The average molecular weight is 729 g/mol. The van der Waals surface area contributed by atoms with Crippen molar-refractivity contribution in [2.24, 2.45) is 0 Å². The topological polar surface area (TPSA) is 48.5 Å². The number of hydrogen-bond acceptors (Lipinski definition) is 4. The summed E-state index contributed by atoms with van der Waals surface area (Å²) in [6, 6.07) is 47.8. The molecule has 0 N–H and O–H groups in total. The first kappa shape index (κ1) is 33.1. The Labute approximate surface area is 332 Å². The van der Waals surface area contributed by atoms with Crippen LogP contribution in [0.3, 0.4) is 0 Å². The minimum Gasteiger partial charge on any atom is -0.309 e. The molecule has 7 aromatic carbocycles. The minimum atomic E-state index is 0.603. The fourth-order valence-corrected chi connectivity index (χ4v) is 10.2. The maximum atomic E-state index is 5.47. The van der Waals surface area contributed by atoms with Crippen molar-refractivity contribution in [2.75, 3.05) is 0 Å². The van der Waals surface area contributed by atoms with Gasteiger partial charge in [0, 0.05) is 58.5 Å². The van der Waals surface area contributed by atoms with Crippen LogP contribution in [0.1, 0.15) is 0 Å². The lowest BCUT2D eigenvalue weighted by atomic mass is 9.60. The van der Waals surface area contributed by atoms with Gasteiger partial charge in [-0.3, -0.25) is 4.57 Å². The molecule has 56 heavy (non-hydrogen) atoms. The molecular formula is C45H32B5N5S. The highest BCUT2D eigenvalue weighted by atomic mass is 32.1. The van der Waals surface area contributed by atoms with Crippen molar-refractivity contribution in [1.82, 2.24) is 24.1 Å². The SMILES string of the molecule is Bc1c(B)c(B)c(-c2nc(-c3cccc4c3sc3ccccc34)nc(-n3c4ccccc4c4c3ccc3c5ccccc5n(-c5ccccc5)c34)n2)c(B)c1B. The molecule has 0 aliphatic carbocycles. The summed E-state index contributed by atoms with van der Waals surface area (Å²) >= 11 is 1.80. The molecular weight excluding hydrogens is 697 g/mol. The van der Waals surface area contributed by atoms with Gasteiger partial charge in [0.05, 0.1) is 22.1 Å². The normalized spacial score (nSPS) is 11.9. The largest absolute Gasteiger partial charge is 0.309 e. The molecule has 0 saturated carbocycles. The van der Waals surface area contributed by atoms with Crippen LogP contribution in [-0.4, -0.2) is 63.3 Å². The summed E-state index contributed by atoms with van der Waals surface area (Å²) in [6.07, 6.45) is 0. The Hall–Kier alpha value is -6.31. The molecule has 0 radical (unpaired) electrons. The Kier molecular flexibility index (Phi) is 7.29. The van der Waals surface area contributed by atoms with E-state index in [1.165, 1.54) is 74.7 Å². The molecule has 258 valence electrons. The van der Waals surface area contributed by atoms with E-state index in [9.17, 15) is 0 Å². The van der Waals surface area contributed by atoms with Crippen LogP contribution in [0.25, 0.3) is 98.2 Å². The number of nitrogens with zero attached hydrogens (tertiary/aromatic N) is 5. The van der Waals surface area contributed by atoms with E-state index in [1.54, 1.807) is 11.3 Å². The van der Waals surface area contributed by atoms with Crippen LogP contribution in [0, 0.1) is 0 Å². The van der Waals surface area contributed by atoms with E-state index in [1.807, 2.05) is 0 Å². The highest BCUT2D eigenvalue weighted by Crippen LogP contribution is 2.43. The van der Waals surface area contributed by atoms with Gasteiger partial charge in [-0.15, -0.1) is 27.7 Å². The van der Waals surface area contributed by atoms with Gasteiger partial charge in [-0.05, 0) is 42.5 Å². The lowest BCUT2D eigenvalue weighted by Crippen LogP contribution is -2.55. The standard InChI is InChI=1S/C45H32B5N5S/c46-36-35(37(47)39(49)40(50)38(36)48)44-51-43(29-17-10-16-27-25-14-6-9-20-33(25)56-42(27)29)52-45(53-44)55-31-19-8-5-15-28(31)34-32(55)22-21-26-24-13-4-7-18-30(24)54(41(26)34)23-11-2-1-3-12-23/h1-22H,46-50H2. The fourth-order valence-electron chi connectivity index (χ4n) is 9.03. The number of para-hydroxylation sites is 3. The van der Waals surface area contributed by atoms with Gasteiger partial charge in [-0.2, -0.15) is 9.97 Å². The fraction of sp³-hybridized carbons (Fsp3) is 0. The van der Waals surface area contributed by atoms with Crippen molar-refractivity contribution >= 4 is 142 Å². The molecule has 4 heterocycles. The summed E-state index contributed by atoms with van der Waals surface area (Å²) in [4.78, 5) is 16.3. The number of benzene rings is 7. The molecule has 5 nitrogen and oxygen atoms in total. The van der Waals surface area contributed by atoms with Crippen molar-refractivity contribution < 1.29 is 0 Å². The zero-order valence-electron chi connectivity index (χ0n) is 31.8. The van der Waals surface area contributed by atoms with Gasteiger partial charge in [0.25, 0.3) is 0 Å². The van der Waals surface area contributed by atoms with Crippen LogP contribution >= 0.6 is 11.3 Å². The smallest absolute Gasteiger partial charge is 0.238 e. The highest BCUT2D eigenvalue weighted by Gasteiger charge is 2.25. The Morgan fingerprint density at radius 3 is 1.80 bits per heavy atom. The maximum absolute atomic E-state index is 5.47. The van der Waals surface area contributed by atoms with Crippen molar-refractivity contribution in [3.05, 3.63) is 133 Å². The summed E-state index contributed by atoms with van der Waals surface area (Å²) in [5.41, 5.74) is 13.9. The highest BCUT2D eigenvalue weighted by molar-refractivity contribution is 7.26. The van der Waals surface area contributed by atoms with E-state index >= 15 is 0 Å². The molecule has 0 bridgehead atoms. The van der Waals surface area contributed by atoms with E-state index in [0.717, 1.165) is 33.2 Å². The van der Waals surface area contributed by atoms with Crippen molar-refractivity contribution in [3.8, 4) is 34.4 Å². The van der Waals surface area contributed by atoms with Gasteiger partial charge in [0.15, 0.2) is 11.6 Å². The summed E-state index contributed by atoms with van der Waals surface area (Å²) in [6.45, 7) is 0. The van der Waals surface area contributed by atoms with E-state index < -0.39 is 0 Å². The van der Waals surface area contributed by atoms with Gasteiger partial charge in [-0.1, -0.05) is 102 Å². The predicted octanol–water partition coefficient (Wildman–Crippen LogP) is 3.06. The summed E-state index contributed by atoms with van der Waals surface area (Å²) < 4.78 is 7.11. The molecule has 0 aliphatic heterocycles. The molecule has 0 aliphatic rings. The Bertz CT molecular complexity index is 3410. The molecule has 0 saturated heterocycles. The third-order valence-electron chi connectivity index (χ3n) is 12.2. The lowest BCUT2D eigenvalue weighted by molar-refractivity contribution is 0.956. The third kappa shape index (κ3) is 4.64. The van der Waals surface area contributed by atoms with Crippen LogP contribution < -0.4 is 27.3 Å². The molecule has 0 spiro atoms. The third-order valence-corrected chi connectivity index (χ3v) is 13.4. The number of aromatic nitrogens is 5. The first-order chi connectivity index (χ1) is 27.4. The zero-order valence-corrected chi connectivity index (χ0v) is 32.7. The van der Waals surface area contributed by atoms with Crippen LogP contribution in [0.15, 0.2) is 133 Å². The van der Waals surface area contributed by atoms with Gasteiger partial charge >= 0.3 is 0 Å². The van der Waals surface area contributed by atoms with Crippen molar-refractivity contribution in [3.63, 3.8) is 0 Å². The second-order valence-corrected chi connectivity index (χ2v) is 16.0. The molecule has 11 heteroatoms. The predicted molar refractivity (Wildman–Crippen MR) is 253 cm³/mol. The van der Waals surface area contributed by atoms with Gasteiger partial charge in [-0.25, -0.2) is 4.98 Å². The second-order valence-electron chi connectivity index (χ2n) is 15.0. The number of rotatable bonds is 4. The van der Waals surface area contributed by atoms with E-state index in [0.29, 0.717) is 17.6 Å². The molecule has 0 unspecified atom stereocenters. The first-order valence-corrected chi connectivity index (χ1v) is 20.0. The van der Waals surface area contributed by atoms with Gasteiger partial charge in [0.1, 0.15) is 39.2 Å². The van der Waals surface area contributed by atoms with Crippen LogP contribution in [0.2, 0.25) is 0 Å². The summed E-state index contributed by atoms with van der Waals surface area (Å²) in [5, 5.41) is 7.22. The van der Waals surface area contributed by atoms with Gasteiger partial charge in [0.2, 0.25) is 5.95 Å². The average Bonchev–Trinajstić information content (AvgIpc) is 3.90. The molecule has 11 aromatic rings. The summed E-state index contributed by atoms with van der Waals surface area (Å²) in [7, 11) is 11.1. The lowest BCUT2D eigenvalue weighted by Gasteiger charge is -2.20. The van der Waals surface area contributed by atoms with Crippen LogP contribution in [0.4, 0.5) is 0 Å². The number of thiophene rings is 1. The molecule has 0 fully saturated rings. The van der Waals surface area contributed by atoms with E-state index in [-0.39, 0.29) is 0 Å². The van der Waals surface area contributed by atoms with Crippen LogP contribution in [0.5, 0.6) is 0 Å². The molecule has 4 aromatic heterocycles. The number of fused-ring (bicyclic) bond motifs is 10. The maximum Gasteiger partial charge on any atom is 0.238 e. The van der Waals surface area contributed by atoms with E-state index in [2.05, 4.69) is 182 Å². The van der Waals surface area contributed by atoms with Crippen molar-refractivity contribution in [2.45, 2.75) is 0 Å². The molecule has 0 amide bonds. The first-order valence-electron chi connectivity index (χ1n) is 19.1.